The van der Waals surface area contributed by atoms with E-state index in [1.807, 2.05) is 46.2 Å². The molecule has 0 atom stereocenters. The molecule has 10 aromatic rings. The molecule has 0 N–H and O–H groups in total. The Morgan fingerprint density at radius 1 is 0.444 bits per heavy atom. The number of fused-ring (bicyclic) bond motifs is 9. The lowest BCUT2D eigenvalue weighted by Crippen LogP contribution is -1.96. The minimum Gasteiger partial charge on any atom is -0.309 e. The Morgan fingerprint density at radius 2 is 1.18 bits per heavy atom. The second-order valence-electron chi connectivity index (χ2n) is 11.5. The number of nitrogens with zero attached hydrogens (tertiary/aromatic N) is 2. The molecule has 0 saturated carbocycles. The number of hydrogen-bond donors (Lipinski definition) is 0. The van der Waals surface area contributed by atoms with Crippen molar-refractivity contribution >= 4 is 75.1 Å². The highest BCUT2D eigenvalue weighted by molar-refractivity contribution is 7.25. The fraction of sp³-hybridized carbons (Fsp3) is 0. The summed E-state index contributed by atoms with van der Waals surface area (Å²) in [6.45, 7) is 0. The van der Waals surface area contributed by atoms with Crippen LogP contribution in [-0.2, 0) is 0 Å². The van der Waals surface area contributed by atoms with Crippen molar-refractivity contribution in [1.29, 1.82) is 0 Å². The highest BCUT2D eigenvalue weighted by Gasteiger charge is 2.19. The van der Waals surface area contributed by atoms with Crippen molar-refractivity contribution in [1.82, 2.24) is 9.13 Å². The van der Waals surface area contributed by atoms with Crippen LogP contribution in [0.15, 0.2) is 158 Å². The van der Waals surface area contributed by atoms with Crippen molar-refractivity contribution in [2.45, 2.75) is 0 Å². The minimum absolute atomic E-state index is 0.0184. The number of benzene rings is 7. The third kappa shape index (κ3) is 3.56. The van der Waals surface area contributed by atoms with Gasteiger partial charge in [-0.05, 0) is 71.8 Å². The van der Waals surface area contributed by atoms with Crippen LogP contribution in [0.4, 0.5) is 0 Å². The SMILES string of the molecule is [2H]c1c([2H])c([2H])c2c(c1[2H])c1ccccc1n2-c1ccc2c(c1)c1ccccc1n2-c1cccc2sc3ccc(-c4ccccc4)cc3c12. The molecule has 0 fully saturated rings. The van der Waals surface area contributed by atoms with E-state index in [1.54, 1.807) is 0 Å². The molecule has 45 heavy (non-hydrogen) atoms. The molecule has 0 spiro atoms. The van der Waals surface area contributed by atoms with Crippen molar-refractivity contribution in [3.63, 3.8) is 0 Å². The molecule has 3 heterocycles. The van der Waals surface area contributed by atoms with E-state index in [0.29, 0.717) is 10.9 Å². The van der Waals surface area contributed by atoms with Gasteiger partial charge in [-0.3, -0.25) is 0 Å². The van der Waals surface area contributed by atoms with Crippen molar-refractivity contribution < 1.29 is 5.48 Å². The maximum atomic E-state index is 8.94. The van der Waals surface area contributed by atoms with Gasteiger partial charge in [0.05, 0.1) is 33.2 Å². The molecule has 0 aliphatic heterocycles. The van der Waals surface area contributed by atoms with E-state index in [1.165, 1.54) is 31.3 Å². The second-order valence-corrected chi connectivity index (χ2v) is 12.5. The summed E-state index contributed by atoms with van der Waals surface area (Å²) in [7, 11) is 0. The lowest BCUT2D eigenvalue weighted by Gasteiger charge is -2.12. The molecule has 3 aromatic heterocycles. The summed E-state index contributed by atoms with van der Waals surface area (Å²) >= 11 is 1.82. The zero-order chi connectivity index (χ0) is 33.0. The quantitative estimate of drug-likeness (QED) is 0.193. The van der Waals surface area contributed by atoms with Crippen LogP contribution in [0, 0.1) is 0 Å². The van der Waals surface area contributed by atoms with E-state index in [2.05, 4.69) is 108 Å². The highest BCUT2D eigenvalue weighted by atomic mass is 32.1. The van der Waals surface area contributed by atoms with Crippen molar-refractivity contribution in [2.24, 2.45) is 0 Å². The molecule has 0 unspecified atom stereocenters. The largest absolute Gasteiger partial charge is 0.309 e. The average Bonchev–Trinajstić information content (AvgIpc) is 3.81. The van der Waals surface area contributed by atoms with E-state index in [4.69, 9.17) is 5.48 Å². The van der Waals surface area contributed by atoms with Crippen LogP contribution >= 0.6 is 11.3 Å². The molecule has 210 valence electrons. The summed E-state index contributed by atoms with van der Waals surface area (Å²) < 4.78 is 41.5. The number of rotatable bonds is 3. The number of aromatic nitrogens is 2. The Labute approximate surface area is 269 Å². The number of para-hydroxylation sites is 3. The first-order valence-corrected chi connectivity index (χ1v) is 15.9. The summed E-state index contributed by atoms with van der Waals surface area (Å²) in [6, 6.07) is 46.0. The van der Waals surface area contributed by atoms with Gasteiger partial charge in [-0.1, -0.05) is 97.0 Å². The van der Waals surface area contributed by atoms with Crippen molar-refractivity contribution in [2.75, 3.05) is 0 Å². The van der Waals surface area contributed by atoms with Gasteiger partial charge in [0.15, 0.2) is 0 Å². The van der Waals surface area contributed by atoms with E-state index in [-0.39, 0.29) is 24.2 Å². The molecular weight excluding hydrogens is 565 g/mol. The smallest absolute Gasteiger partial charge is 0.0645 e. The van der Waals surface area contributed by atoms with Crippen LogP contribution in [0.5, 0.6) is 0 Å². The van der Waals surface area contributed by atoms with Gasteiger partial charge in [0.25, 0.3) is 0 Å². The van der Waals surface area contributed by atoms with E-state index in [9.17, 15) is 0 Å². The summed E-state index contributed by atoms with van der Waals surface area (Å²) in [4.78, 5) is 0. The van der Waals surface area contributed by atoms with Gasteiger partial charge < -0.3 is 9.13 Å². The van der Waals surface area contributed by atoms with Crippen molar-refractivity contribution in [3.05, 3.63) is 158 Å². The predicted molar refractivity (Wildman–Crippen MR) is 193 cm³/mol. The van der Waals surface area contributed by atoms with E-state index in [0.717, 1.165) is 44.1 Å². The second kappa shape index (κ2) is 9.43. The number of hydrogen-bond acceptors (Lipinski definition) is 1. The van der Waals surface area contributed by atoms with Crippen LogP contribution in [0.2, 0.25) is 0 Å². The lowest BCUT2D eigenvalue weighted by molar-refractivity contribution is 1.17. The molecule has 0 saturated heterocycles. The molecule has 3 heteroatoms. The van der Waals surface area contributed by atoms with E-state index < -0.39 is 0 Å². The van der Waals surface area contributed by atoms with Gasteiger partial charge in [0.1, 0.15) is 0 Å². The van der Waals surface area contributed by atoms with Crippen molar-refractivity contribution in [3.8, 4) is 22.5 Å². The molecule has 0 aliphatic carbocycles. The fourth-order valence-electron chi connectivity index (χ4n) is 7.10. The molecule has 0 radical (unpaired) electrons. The molecule has 2 nitrogen and oxygen atoms in total. The third-order valence-corrected chi connectivity index (χ3v) is 10.2. The summed E-state index contributed by atoms with van der Waals surface area (Å²) in [5.74, 6) is 0. The van der Waals surface area contributed by atoms with Crippen LogP contribution in [-0.4, -0.2) is 9.13 Å². The zero-order valence-electron chi connectivity index (χ0n) is 28.0. The Kier molecular flexibility index (Phi) is 4.43. The fourth-order valence-corrected chi connectivity index (χ4v) is 8.21. The maximum Gasteiger partial charge on any atom is 0.0645 e. The Balaban J connectivity index is 1.27. The third-order valence-electron chi connectivity index (χ3n) is 9.04. The first-order valence-electron chi connectivity index (χ1n) is 17.0. The first-order chi connectivity index (χ1) is 24.0. The average molecular weight is 595 g/mol. The van der Waals surface area contributed by atoms with Crippen LogP contribution < -0.4 is 0 Å². The summed E-state index contributed by atoms with van der Waals surface area (Å²) in [5, 5.41) is 5.99. The van der Waals surface area contributed by atoms with Crippen LogP contribution in [0.25, 0.3) is 86.3 Å². The molecule has 0 bridgehead atoms. The molecular formula is C42H26N2S. The molecule has 7 aromatic carbocycles. The van der Waals surface area contributed by atoms with Gasteiger partial charge in [-0.25, -0.2) is 0 Å². The zero-order valence-corrected chi connectivity index (χ0v) is 24.8. The monoisotopic (exact) mass is 594 g/mol. The maximum absolute atomic E-state index is 8.94. The van der Waals surface area contributed by atoms with Crippen LogP contribution in [0.3, 0.4) is 0 Å². The summed E-state index contributed by atoms with van der Waals surface area (Å²) in [5.41, 5.74) is 7.86. The number of thiophene rings is 1. The normalized spacial score (nSPS) is 13.2. The lowest BCUT2D eigenvalue weighted by atomic mass is 10.0. The predicted octanol–water partition coefficient (Wildman–Crippen LogP) is 11.9. The van der Waals surface area contributed by atoms with E-state index >= 15 is 0 Å². The molecule has 0 amide bonds. The topological polar surface area (TPSA) is 9.86 Å². The van der Waals surface area contributed by atoms with Crippen LogP contribution in [0.1, 0.15) is 5.48 Å². The Hall–Kier alpha value is -5.64. The minimum atomic E-state index is -0.231. The Morgan fingerprint density at radius 3 is 2.04 bits per heavy atom. The van der Waals surface area contributed by atoms with Gasteiger partial charge in [0, 0.05) is 47.4 Å². The highest BCUT2D eigenvalue weighted by Crippen LogP contribution is 2.43. The van der Waals surface area contributed by atoms with Gasteiger partial charge >= 0.3 is 0 Å². The summed E-state index contributed by atoms with van der Waals surface area (Å²) in [6.07, 6.45) is 0. The van der Waals surface area contributed by atoms with Gasteiger partial charge in [0.2, 0.25) is 0 Å². The first kappa shape index (κ1) is 21.1. The standard InChI is InChI=1S/C42H26N2S/c1-2-11-27(12-3-1)28-21-24-40-34(25-28)42-39(19-10-20-41(42)45-40)44-37-18-9-6-15-32(37)33-26-29(22-23-38(33)44)43-35-16-7-4-13-30(35)31-14-5-8-17-36(31)43/h1-26H/i4D,7D,13D,16D. The van der Waals surface area contributed by atoms with Gasteiger partial charge in [-0.15, -0.1) is 11.3 Å². The Bertz CT molecular complexity index is 2990. The van der Waals surface area contributed by atoms with Gasteiger partial charge in [-0.2, -0.15) is 0 Å². The molecule has 0 aliphatic rings. The molecule has 10 rings (SSSR count).